The summed E-state index contributed by atoms with van der Waals surface area (Å²) >= 11 is 0. The molecule has 6 nitrogen and oxygen atoms in total. The highest BCUT2D eigenvalue weighted by molar-refractivity contribution is 5.94. The van der Waals surface area contributed by atoms with E-state index < -0.39 is 5.97 Å². The molecule has 1 aromatic heterocycles. The molecule has 0 radical (unpaired) electrons. The summed E-state index contributed by atoms with van der Waals surface area (Å²) in [5.41, 5.74) is 3.89. The third-order valence-electron chi connectivity index (χ3n) is 5.80. The Balaban J connectivity index is 1.70. The summed E-state index contributed by atoms with van der Waals surface area (Å²) in [5.74, 6) is -0.313. The second-order valence-corrected chi connectivity index (χ2v) is 8.34. The van der Waals surface area contributed by atoms with E-state index in [4.69, 9.17) is 4.74 Å². The Bertz CT molecular complexity index is 1060. The molecule has 2 aromatic carbocycles. The highest BCUT2D eigenvalue weighted by Gasteiger charge is 2.20. The first-order valence-corrected chi connectivity index (χ1v) is 11.6. The summed E-state index contributed by atoms with van der Waals surface area (Å²) in [5, 5.41) is 7.56. The van der Waals surface area contributed by atoms with Crippen LogP contribution in [0.15, 0.2) is 60.7 Å². The van der Waals surface area contributed by atoms with Crippen molar-refractivity contribution in [3.63, 3.8) is 0 Å². The summed E-state index contributed by atoms with van der Waals surface area (Å²) in [4.78, 5) is 24.9. The van der Waals surface area contributed by atoms with E-state index in [2.05, 4.69) is 36.4 Å². The quantitative estimate of drug-likeness (QED) is 0.427. The molecule has 0 aliphatic heterocycles. The summed E-state index contributed by atoms with van der Waals surface area (Å²) in [6.45, 7) is 8.29. The van der Waals surface area contributed by atoms with Gasteiger partial charge < -0.3 is 10.1 Å². The number of carbonyl (C=O) groups excluding carboxylic acids is 2. The average Bonchev–Trinajstić information content (AvgIpc) is 3.29. The summed E-state index contributed by atoms with van der Waals surface area (Å²) in [6, 6.07) is 19.4. The van der Waals surface area contributed by atoms with Gasteiger partial charge in [0.05, 0.1) is 12.3 Å². The monoisotopic (exact) mass is 447 g/mol. The highest BCUT2D eigenvalue weighted by Crippen LogP contribution is 2.24. The third kappa shape index (κ3) is 6.31. The van der Waals surface area contributed by atoms with Crippen LogP contribution in [-0.2, 0) is 11.2 Å². The second-order valence-electron chi connectivity index (χ2n) is 8.34. The van der Waals surface area contributed by atoms with Crippen molar-refractivity contribution in [1.82, 2.24) is 15.1 Å². The number of hydrogen-bond acceptors (Lipinski definition) is 4. The lowest BCUT2D eigenvalue weighted by molar-refractivity contribution is 0.0518. The van der Waals surface area contributed by atoms with Crippen LogP contribution in [0.5, 0.6) is 0 Å². The van der Waals surface area contributed by atoms with Gasteiger partial charge in [-0.3, -0.25) is 4.79 Å². The Morgan fingerprint density at radius 1 is 1.03 bits per heavy atom. The van der Waals surface area contributed by atoms with Gasteiger partial charge in [-0.25, -0.2) is 9.48 Å². The van der Waals surface area contributed by atoms with Gasteiger partial charge in [-0.2, -0.15) is 5.10 Å². The van der Waals surface area contributed by atoms with Crippen molar-refractivity contribution in [2.45, 2.75) is 58.9 Å². The molecule has 0 spiro atoms. The minimum atomic E-state index is -0.429. The fraction of sp³-hybridized carbons (Fsp3) is 0.370. The number of esters is 1. The third-order valence-corrected chi connectivity index (χ3v) is 5.80. The number of carbonyl (C=O) groups is 2. The van der Waals surface area contributed by atoms with Gasteiger partial charge in [0.1, 0.15) is 0 Å². The van der Waals surface area contributed by atoms with Gasteiger partial charge in [-0.1, -0.05) is 44.2 Å². The minimum Gasteiger partial charge on any atom is -0.461 e. The topological polar surface area (TPSA) is 73.2 Å². The van der Waals surface area contributed by atoms with Crippen LogP contribution in [0.4, 0.5) is 0 Å². The van der Waals surface area contributed by atoms with Gasteiger partial charge in [0.15, 0.2) is 5.69 Å². The summed E-state index contributed by atoms with van der Waals surface area (Å²) in [7, 11) is 0. The van der Waals surface area contributed by atoms with Crippen LogP contribution in [0.25, 0.3) is 5.69 Å². The van der Waals surface area contributed by atoms with Gasteiger partial charge in [0.2, 0.25) is 0 Å². The molecular formula is C27H33N3O3. The number of benzene rings is 2. The van der Waals surface area contributed by atoms with E-state index in [9.17, 15) is 9.59 Å². The molecule has 0 unspecified atom stereocenters. The van der Waals surface area contributed by atoms with E-state index in [1.165, 1.54) is 5.56 Å². The maximum absolute atomic E-state index is 12.7. The lowest BCUT2D eigenvalue weighted by Gasteiger charge is -2.15. The fourth-order valence-corrected chi connectivity index (χ4v) is 3.63. The molecule has 2 atom stereocenters. The zero-order chi connectivity index (χ0) is 23.8. The number of hydrogen-bond donors (Lipinski definition) is 1. The number of amides is 1. The predicted octanol–water partition coefficient (Wildman–Crippen LogP) is 5.31. The smallest absolute Gasteiger partial charge is 0.358 e. The van der Waals surface area contributed by atoms with Gasteiger partial charge in [0, 0.05) is 17.3 Å². The zero-order valence-electron chi connectivity index (χ0n) is 19.9. The Labute approximate surface area is 196 Å². The normalized spacial score (nSPS) is 12.7. The van der Waals surface area contributed by atoms with Gasteiger partial charge in [0.25, 0.3) is 5.91 Å². The van der Waals surface area contributed by atoms with Crippen molar-refractivity contribution in [2.24, 2.45) is 0 Å². The SMILES string of the molecule is CCOC(=O)c1cc([C@@H](C)CC)n(-c2ccc(C(=O)N[C@@H](C)CCc3ccccc3)cc2)n1. The molecule has 0 saturated heterocycles. The molecule has 0 aliphatic carbocycles. The van der Waals surface area contributed by atoms with Crippen LogP contribution in [0.3, 0.4) is 0 Å². The molecule has 0 fully saturated rings. The van der Waals surface area contributed by atoms with Crippen molar-refractivity contribution in [3.05, 3.63) is 83.2 Å². The largest absolute Gasteiger partial charge is 0.461 e. The zero-order valence-corrected chi connectivity index (χ0v) is 19.9. The Kier molecular flexibility index (Phi) is 8.41. The van der Waals surface area contributed by atoms with Gasteiger partial charge >= 0.3 is 5.97 Å². The van der Waals surface area contributed by atoms with Crippen molar-refractivity contribution in [1.29, 1.82) is 0 Å². The number of rotatable bonds is 10. The fourth-order valence-electron chi connectivity index (χ4n) is 3.63. The number of nitrogens with zero attached hydrogens (tertiary/aromatic N) is 2. The predicted molar refractivity (Wildman–Crippen MR) is 130 cm³/mol. The minimum absolute atomic E-state index is 0.0626. The van der Waals surface area contributed by atoms with Crippen molar-refractivity contribution < 1.29 is 14.3 Å². The molecule has 3 rings (SSSR count). The van der Waals surface area contributed by atoms with Crippen LogP contribution in [-0.4, -0.2) is 34.3 Å². The molecule has 1 N–H and O–H groups in total. The second kappa shape index (κ2) is 11.5. The number of aromatic nitrogens is 2. The van der Waals surface area contributed by atoms with E-state index >= 15 is 0 Å². The van der Waals surface area contributed by atoms with Gasteiger partial charge in [-0.05, 0) is 74.9 Å². The summed E-state index contributed by atoms with van der Waals surface area (Å²) in [6.07, 6.45) is 2.70. The molecule has 6 heteroatoms. The highest BCUT2D eigenvalue weighted by atomic mass is 16.5. The molecule has 1 heterocycles. The van der Waals surface area contributed by atoms with E-state index in [1.807, 2.05) is 37.3 Å². The van der Waals surface area contributed by atoms with Crippen LogP contribution in [0.1, 0.15) is 78.6 Å². The Morgan fingerprint density at radius 2 is 1.73 bits per heavy atom. The van der Waals surface area contributed by atoms with E-state index in [1.54, 1.807) is 29.8 Å². The molecule has 33 heavy (non-hydrogen) atoms. The molecule has 174 valence electrons. The van der Waals surface area contributed by atoms with Crippen molar-refractivity contribution in [3.8, 4) is 5.69 Å². The van der Waals surface area contributed by atoms with Gasteiger partial charge in [-0.15, -0.1) is 0 Å². The van der Waals surface area contributed by atoms with E-state index in [0.29, 0.717) is 17.9 Å². The maximum Gasteiger partial charge on any atom is 0.358 e. The van der Waals surface area contributed by atoms with Crippen molar-refractivity contribution >= 4 is 11.9 Å². The number of ether oxygens (including phenoxy) is 1. The number of aryl methyl sites for hydroxylation is 1. The van der Waals surface area contributed by atoms with Crippen molar-refractivity contribution in [2.75, 3.05) is 6.61 Å². The molecule has 1 amide bonds. The maximum atomic E-state index is 12.7. The summed E-state index contributed by atoms with van der Waals surface area (Å²) < 4.78 is 6.88. The first-order chi connectivity index (χ1) is 15.9. The lowest BCUT2D eigenvalue weighted by atomic mass is 10.0. The van der Waals surface area contributed by atoms with Crippen LogP contribution in [0, 0.1) is 0 Å². The molecule has 0 aliphatic rings. The Hall–Kier alpha value is -3.41. The van der Waals surface area contributed by atoms with E-state index in [0.717, 1.165) is 30.6 Å². The average molecular weight is 448 g/mol. The molecule has 3 aromatic rings. The Morgan fingerprint density at radius 3 is 2.36 bits per heavy atom. The van der Waals surface area contributed by atoms with E-state index in [-0.39, 0.29) is 17.9 Å². The number of nitrogens with one attached hydrogen (secondary N) is 1. The van der Waals surface area contributed by atoms with Crippen LogP contribution < -0.4 is 5.32 Å². The first-order valence-electron chi connectivity index (χ1n) is 11.6. The van der Waals surface area contributed by atoms with Crippen LogP contribution >= 0.6 is 0 Å². The first kappa shape index (κ1) is 24.2. The van der Waals surface area contributed by atoms with Crippen LogP contribution in [0.2, 0.25) is 0 Å². The lowest BCUT2D eigenvalue weighted by Crippen LogP contribution is -2.32. The molecule has 0 bridgehead atoms. The molecule has 0 saturated carbocycles. The molecular weight excluding hydrogens is 414 g/mol. The standard InChI is InChI=1S/C27H33N3O3/c1-5-19(3)25-18-24(27(32)33-6-2)29-30(25)23-16-14-22(15-17-23)26(31)28-20(4)12-13-21-10-8-7-9-11-21/h7-11,14-20H,5-6,12-13H2,1-4H3,(H,28,31)/t19-,20-/m0/s1.